The van der Waals surface area contributed by atoms with Crippen molar-refractivity contribution in [2.45, 2.75) is 12.5 Å². The predicted octanol–water partition coefficient (Wildman–Crippen LogP) is 1.11. The van der Waals surface area contributed by atoms with E-state index in [9.17, 15) is 13.5 Å². The maximum Gasteiger partial charge on any atom is 0.231 e. The maximum absolute atomic E-state index is 11.2. The summed E-state index contributed by atoms with van der Waals surface area (Å²) in [6.45, 7) is 0.351. The molecule has 19 heavy (non-hydrogen) atoms. The minimum absolute atomic E-state index is 0.153. The van der Waals surface area contributed by atoms with Gasteiger partial charge in [0.15, 0.2) is 11.5 Å². The zero-order chi connectivity index (χ0) is 13.9. The van der Waals surface area contributed by atoms with Crippen LogP contribution in [0.1, 0.15) is 18.1 Å². The van der Waals surface area contributed by atoms with Crippen LogP contribution in [0.5, 0.6) is 11.5 Å². The van der Waals surface area contributed by atoms with Gasteiger partial charge in [-0.1, -0.05) is 22.0 Å². The monoisotopic (exact) mass is 351 g/mol. The molecule has 1 atom stereocenters. The summed E-state index contributed by atoms with van der Waals surface area (Å²) in [4.78, 5) is 0. The van der Waals surface area contributed by atoms with Crippen LogP contribution in [0, 0.1) is 0 Å². The van der Waals surface area contributed by atoms with E-state index in [1.165, 1.54) is 0 Å². The average molecular weight is 352 g/mol. The van der Waals surface area contributed by atoms with Gasteiger partial charge in [0.1, 0.15) is 4.66 Å². The van der Waals surface area contributed by atoms with Crippen molar-refractivity contribution in [3.05, 3.63) is 23.8 Å². The number of aliphatic hydroxyl groups is 1. The van der Waals surface area contributed by atoms with Crippen molar-refractivity contribution >= 4 is 26.0 Å². The molecule has 0 saturated heterocycles. The zero-order valence-electron chi connectivity index (χ0n) is 10.0. The molecule has 0 radical (unpaired) electrons. The van der Waals surface area contributed by atoms with Crippen molar-refractivity contribution in [2.75, 3.05) is 18.0 Å². The van der Waals surface area contributed by atoms with Gasteiger partial charge in [0.25, 0.3) is 0 Å². The van der Waals surface area contributed by atoms with E-state index in [2.05, 4.69) is 20.7 Å². The first kappa shape index (κ1) is 14.6. The highest BCUT2D eigenvalue weighted by Gasteiger charge is 2.17. The summed E-state index contributed by atoms with van der Waals surface area (Å²) in [7, 11) is -3.30. The third-order valence-corrected chi connectivity index (χ3v) is 5.40. The Morgan fingerprint density at radius 1 is 1.37 bits per heavy atom. The molecule has 0 aliphatic carbocycles. The second-order valence-corrected chi connectivity index (χ2v) is 7.15. The highest BCUT2D eigenvalue weighted by molar-refractivity contribution is 9.10. The van der Waals surface area contributed by atoms with Crippen molar-refractivity contribution in [1.29, 1.82) is 0 Å². The van der Waals surface area contributed by atoms with Gasteiger partial charge in [-0.25, -0.2) is 13.1 Å². The van der Waals surface area contributed by atoms with Gasteiger partial charge >= 0.3 is 0 Å². The number of hydrogen-bond donors (Lipinski definition) is 2. The fourth-order valence-corrected chi connectivity index (χ4v) is 2.67. The molecule has 0 aromatic heterocycles. The summed E-state index contributed by atoms with van der Waals surface area (Å²) < 4.78 is 35.0. The molecule has 2 rings (SSSR count). The van der Waals surface area contributed by atoms with Gasteiger partial charge in [0.2, 0.25) is 16.8 Å². The van der Waals surface area contributed by atoms with Crippen molar-refractivity contribution in [3.63, 3.8) is 0 Å². The lowest BCUT2D eigenvalue weighted by molar-refractivity contribution is 0.166. The highest BCUT2D eigenvalue weighted by atomic mass is 79.9. The Kier molecular flexibility index (Phi) is 4.67. The van der Waals surface area contributed by atoms with Gasteiger partial charge in [-0.05, 0) is 24.1 Å². The topological polar surface area (TPSA) is 84.9 Å². The van der Waals surface area contributed by atoms with Crippen LogP contribution in [-0.2, 0) is 10.0 Å². The second kappa shape index (κ2) is 6.08. The molecular formula is C11H14BrNO5S. The van der Waals surface area contributed by atoms with E-state index in [-0.39, 0.29) is 24.4 Å². The lowest BCUT2D eigenvalue weighted by Crippen LogP contribution is -2.26. The molecule has 1 heterocycles. The minimum Gasteiger partial charge on any atom is -0.454 e. The summed E-state index contributed by atoms with van der Waals surface area (Å²) in [5.74, 6) is 1.24. The molecular weight excluding hydrogens is 338 g/mol. The van der Waals surface area contributed by atoms with Crippen LogP contribution in [0.2, 0.25) is 0 Å². The van der Waals surface area contributed by atoms with E-state index in [0.29, 0.717) is 17.1 Å². The standard InChI is InChI=1S/C11H14BrNO5S/c12-6-19(15,16)13-4-3-9(14)8-1-2-10-11(5-8)18-7-17-10/h1-2,5,9,13-14H,3-4,6-7H2. The van der Waals surface area contributed by atoms with Crippen LogP contribution in [0.15, 0.2) is 18.2 Å². The summed E-state index contributed by atoms with van der Waals surface area (Å²) >= 11 is 2.87. The molecule has 0 saturated carbocycles. The molecule has 8 heteroatoms. The smallest absolute Gasteiger partial charge is 0.231 e. The van der Waals surface area contributed by atoms with Crippen molar-refractivity contribution in [2.24, 2.45) is 0 Å². The van der Waals surface area contributed by atoms with E-state index in [1.54, 1.807) is 18.2 Å². The average Bonchev–Trinajstić information content (AvgIpc) is 2.85. The van der Waals surface area contributed by atoms with Crippen LogP contribution < -0.4 is 14.2 Å². The van der Waals surface area contributed by atoms with Crippen LogP contribution in [0.4, 0.5) is 0 Å². The molecule has 0 bridgehead atoms. The Balaban J connectivity index is 1.91. The Hall–Kier alpha value is -0.830. The van der Waals surface area contributed by atoms with E-state index < -0.39 is 16.1 Å². The number of nitrogens with one attached hydrogen (secondary N) is 1. The molecule has 0 amide bonds. The zero-order valence-corrected chi connectivity index (χ0v) is 12.4. The van der Waals surface area contributed by atoms with Gasteiger partial charge in [-0.3, -0.25) is 0 Å². The summed E-state index contributed by atoms with van der Waals surface area (Å²) in [6.07, 6.45) is -0.473. The first-order chi connectivity index (χ1) is 9.02. The Bertz CT molecular complexity index is 548. The second-order valence-electron chi connectivity index (χ2n) is 4.04. The first-order valence-corrected chi connectivity index (χ1v) is 8.40. The van der Waals surface area contributed by atoms with Crippen molar-refractivity contribution < 1.29 is 23.0 Å². The molecule has 1 aromatic carbocycles. The lowest BCUT2D eigenvalue weighted by Gasteiger charge is -2.12. The normalized spacial score (nSPS) is 15.5. The van der Waals surface area contributed by atoms with Crippen LogP contribution in [0.3, 0.4) is 0 Å². The number of halogens is 1. The Labute approximate surface area is 119 Å². The van der Waals surface area contributed by atoms with Gasteiger partial charge in [0.05, 0.1) is 6.10 Å². The molecule has 0 fully saturated rings. The SMILES string of the molecule is O=S(=O)(CBr)NCCC(O)c1ccc2c(c1)OCO2. The van der Waals surface area contributed by atoms with Gasteiger partial charge in [0, 0.05) is 6.54 Å². The number of alkyl halides is 1. The van der Waals surface area contributed by atoms with E-state index in [0.717, 1.165) is 0 Å². The molecule has 106 valence electrons. The largest absolute Gasteiger partial charge is 0.454 e. The number of ether oxygens (including phenoxy) is 2. The number of sulfonamides is 1. The minimum atomic E-state index is -3.30. The van der Waals surface area contributed by atoms with Gasteiger partial charge < -0.3 is 14.6 Å². The third kappa shape index (κ3) is 3.82. The number of benzene rings is 1. The van der Waals surface area contributed by atoms with Gasteiger partial charge in [-0.2, -0.15) is 0 Å². The number of fused-ring (bicyclic) bond motifs is 1. The quantitative estimate of drug-likeness (QED) is 0.750. The van der Waals surface area contributed by atoms with E-state index in [1.807, 2.05) is 0 Å². The molecule has 1 unspecified atom stereocenters. The first-order valence-electron chi connectivity index (χ1n) is 5.63. The van der Waals surface area contributed by atoms with Crippen molar-refractivity contribution in [3.8, 4) is 11.5 Å². The maximum atomic E-state index is 11.2. The summed E-state index contributed by atoms with van der Waals surface area (Å²) in [6, 6.07) is 5.16. The molecule has 1 aliphatic rings. The van der Waals surface area contributed by atoms with Crippen molar-refractivity contribution in [1.82, 2.24) is 4.72 Å². The predicted molar refractivity (Wildman–Crippen MR) is 72.9 cm³/mol. The van der Waals surface area contributed by atoms with Gasteiger partial charge in [-0.15, -0.1) is 0 Å². The van der Waals surface area contributed by atoms with Crippen LogP contribution in [0.25, 0.3) is 0 Å². The molecule has 6 nitrogen and oxygen atoms in total. The Morgan fingerprint density at radius 3 is 2.84 bits per heavy atom. The van der Waals surface area contributed by atoms with Crippen LogP contribution in [-0.4, -0.2) is 31.5 Å². The fraction of sp³-hybridized carbons (Fsp3) is 0.455. The number of aliphatic hydroxyl groups excluding tert-OH is 1. The van der Waals surface area contributed by atoms with E-state index >= 15 is 0 Å². The molecule has 1 aliphatic heterocycles. The van der Waals surface area contributed by atoms with E-state index in [4.69, 9.17) is 9.47 Å². The summed E-state index contributed by atoms with van der Waals surface area (Å²) in [5.41, 5.74) is 0.669. The molecule has 2 N–H and O–H groups in total. The highest BCUT2D eigenvalue weighted by Crippen LogP contribution is 2.34. The fourth-order valence-electron chi connectivity index (χ4n) is 1.68. The molecule has 0 spiro atoms. The number of hydrogen-bond acceptors (Lipinski definition) is 5. The Morgan fingerprint density at radius 2 is 2.11 bits per heavy atom. The molecule has 1 aromatic rings. The van der Waals surface area contributed by atoms with Crippen LogP contribution >= 0.6 is 15.9 Å². The summed E-state index contributed by atoms with van der Waals surface area (Å²) in [5, 5.41) is 9.98. The number of rotatable bonds is 6. The third-order valence-electron chi connectivity index (χ3n) is 2.66. The lowest BCUT2D eigenvalue weighted by atomic mass is 10.1.